The molecule has 62 heavy (non-hydrogen) atoms. The number of halogens is 2. The van der Waals surface area contributed by atoms with E-state index in [1.165, 1.54) is 60.3 Å². The van der Waals surface area contributed by atoms with Crippen molar-refractivity contribution < 1.29 is 69.6 Å². The average Bonchev–Trinajstić information content (AvgIpc) is 3.77. The van der Waals surface area contributed by atoms with Crippen molar-refractivity contribution in [2.45, 2.75) is 19.6 Å². The highest BCUT2D eigenvalue weighted by Crippen LogP contribution is 2.31. The maximum absolute atomic E-state index is 9.04. The molecule has 9 nitrogen and oxygen atoms in total. The summed E-state index contributed by atoms with van der Waals surface area (Å²) in [6, 6.07) is 38.8. The minimum absolute atomic E-state index is 0. The molecule has 0 atom stereocenters. The van der Waals surface area contributed by atoms with E-state index < -0.39 is 0 Å². The molecule has 0 amide bonds. The Morgan fingerprint density at radius 3 is 1.37 bits per heavy atom. The molecule has 4 heterocycles. The fourth-order valence-corrected chi connectivity index (χ4v) is 7.49. The maximum Gasteiger partial charge on any atom is 0.171 e. The van der Waals surface area contributed by atoms with Crippen molar-refractivity contribution in [3.05, 3.63) is 156 Å². The van der Waals surface area contributed by atoms with Gasteiger partial charge in [0.2, 0.25) is 0 Å². The molecular formula is C51H56ClIN4O5. The van der Waals surface area contributed by atoms with E-state index in [-0.39, 0.29) is 43.0 Å². The van der Waals surface area contributed by atoms with Crippen LogP contribution in [0.1, 0.15) is 22.3 Å². The van der Waals surface area contributed by atoms with E-state index in [4.69, 9.17) is 24.1 Å². The monoisotopic (exact) mass is 966 g/mol. The van der Waals surface area contributed by atoms with Crippen LogP contribution in [0.5, 0.6) is 0 Å². The van der Waals surface area contributed by atoms with Gasteiger partial charge in [-0.3, -0.25) is 0 Å². The third-order valence-corrected chi connectivity index (χ3v) is 10.6. The van der Waals surface area contributed by atoms with Crippen molar-refractivity contribution in [2.24, 2.45) is 7.05 Å². The summed E-state index contributed by atoms with van der Waals surface area (Å²) in [5.41, 5.74) is 9.62. The van der Waals surface area contributed by atoms with E-state index >= 15 is 0 Å². The predicted octanol–water partition coefficient (Wildman–Crippen LogP) is 2.37. The number of rotatable bonds is 18. The topological polar surface area (TPSA) is 74.8 Å². The van der Waals surface area contributed by atoms with Gasteiger partial charge in [-0.05, 0) is 58.7 Å². The van der Waals surface area contributed by atoms with Crippen LogP contribution in [0, 0.1) is 0 Å². The Kier molecular flexibility index (Phi) is 19.1. The molecule has 4 aromatic carbocycles. The van der Waals surface area contributed by atoms with Crippen molar-refractivity contribution in [3.8, 4) is 0 Å². The molecule has 0 aliphatic rings. The van der Waals surface area contributed by atoms with E-state index in [2.05, 4.69) is 155 Å². The Morgan fingerprint density at radius 1 is 0.500 bits per heavy atom. The first-order chi connectivity index (χ1) is 29.6. The van der Waals surface area contributed by atoms with Gasteiger partial charge < -0.3 is 69.6 Å². The lowest BCUT2D eigenvalue weighted by Gasteiger charge is -2.08. The largest absolute Gasteiger partial charge is 1.00 e. The van der Waals surface area contributed by atoms with Crippen molar-refractivity contribution in [2.75, 3.05) is 60.5 Å². The molecule has 0 aliphatic carbocycles. The van der Waals surface area contributed by atoms with E-state index in [9.17, 15) is 0 Å². The lowest BCUT2D eigenvalue weighted by atomic mass is 10.1. The second kappa shape index (κ2) is 24.6. The molecule has 0 saturated carbocycles. The number of benzene rings is 4. The molecule has 0 spiro atoms. The number of aliphatic hydroxyl groups excluding tert-OH is 1. The standard InChI is InChI=1S/C26H29N2O3.C25H27N2O2.ClH.HI/c1-30-18-19-31-17-15-28-25-5-3-2-4-23(25)24-20-22(8-9-26(24)28)7-6-21-10-12-27(13-11-21)14-16-29;1-26-13-11-20(12-14-26)7-8-21-9-10-25-23(19-21)22-5-3-4-6-24(22)27(25)15-16-29-18-17-28-2;;/h2-13,20,29H,14-19H2,1H3;3-14,19H,15-18H2,1-2H3;2*1H/q2*+1;;/p-2. The highest BCUT2D eigenvalue weighted by Gasteiger charge is 2.12. The molecule has 0 fully saturated rings. The normalized spacial score (nSPS) is 11.4. The van der Waals surface area contributed by atoms with Gasteiger partial charge in [-0.2, -0.15) is 0 Å². The Balaban J connectivity index is 0.000000227. The number of pyridine rings is 2. The first-order valence-corrected chi connectivity index (χ1v) is 20.6. The highest BCUT2D eigenvalue weighted by atomic mass is 127. The minimum Gasteiger partial charge on any atom is -1.00 e. The van der Waals surface area contributed by atoms with Gasteiger partial charge in [-0.1, -0.05) is 72.8 Å². The third kappa shape index (κ3) is 12.4. The zero-order valence-electron chi connectivity index (χ0n) is 35.7. The molecule has 0 unspecified atom stereocenters. The Labute approximate surface area is 387 Å². The van der Waals surface area contributed by atoms with E-state index in [1.54, 1.807) is 14.2 Å². The van der Waals surface area contributed by atoms with Crippen LogP contribution in [-0.4, -0.2) is 74.7 Å². The van der Waals surface area contributed by atoms with Crippen molar-refractivity contribution in [1.29, 1.82) is 0 Å². The SMILES string of the molecule is COCCOCCn1c2ccccc2c2cc(/C=C/c3cc[n+](C)cc3)ccc21.COCCOCCn1c2ccccc2c2cc(/C=C/c3cc[n+](CCO)cc3)ccc21.[Cl-].[I-]. The third-order valence-electron chi connectivity index (χ3n) is 10.6. The van der Waals surface area contributed by atoms with Gasteiger partial charge in [0.15, 0.2) is 31.3 Å². The Morgan fingerprint density at radius 2 is 0.919 bits per heavy atom. The second-order valence-electron chi connectivity index (χ2n) is 14.7. The first-order valence-electron chi connectivity index (χ1n) is 20.6. The summed E-state index contributed by atoms with van der Waals surface area (Å²) in [4.78, 5) is 0. The molecule has 0 bridgehead atoms. The fraction of sp³-hybridized carbons (Fsp3) is 0.255. The van der Waals surface area contributed by atoms with Gasteiger partial charge in [0.1, 0.15) is 13.7 Å². The lowest BCUT2D eigenvalue weighted by molar-refractivity contribution is -0.698. The van der Waals surface area contributed by atoms with Gasteiger partial charge in [0.05, 0.1) is 39.6 Å². The van der Waals surface area contributed by atoms with Crippen LogP contribution in [-0.2, 0) is 45.6 Å². The number of hydrogen-bond donors (Lipinski definition) is 1. The predicted molar refractivity (Wildman–Crippen MR) is 243 cm³/mol. The summed E-state index contributed by atoms with van der Waals surface area (Å²) in [7, 11) is 5.41. The highest BCUT2D eigenvalue weighted by molar-refractivity contribution is 6.09. The van der Waals surface area contributed by atoms with Gasteiger partial charge in [-0.15, -0.1) is 0 Å². The fourth-order valence-electron chi connectivity index (χ4n) is 7.49. The lowest BCUT2D eigenvalue weighted by Crippen LogP contribution is -3.00. The summed E-state index contributed by atoms with van der Waals surface area (Å²) in [5, 5.41) is 14.1. The molecule has 0 aliphatic heterocycles. The maximum atomic E-state index is 9.04. The summed E-state index contributed by atoms with van der Waals surface area (Å²) in [6.07, 6.45) is 16.7. The number of methoxy groups -OCH3 is 2. The molecule has 0 saturated heterocycles. The van der Waals surface area contributed by atoms with Crippen LogP contribution >= 0.6 is 0 Å². The second-order valence-corrected chi connectivity index (χ2v) is 14.7. The minimum atomic E-state index is 0. The van der Waals surface area contributed by atoms with Crippen LogP contribution in [0.25, 0.3) is 67.9 Å². The average molecular weight is 967 g/mol. The summed E-state index contributed by atoms with van der Waals surface area (Å²) in [5.74, 6) is 0. The van der Waals surface area contributed by atoms with Crippen LogP contribution in [0.4, 0.5) is 0 Å². The number of aliphatic hydroxyl groups is 1. The zero-order valence-corrected chi connectivity index (χ0v) is 38.6. The summed E-state index contributed by atoms with van der Waals surface area (Å²) in [6.45, 7) is 6.20. The number of nitrogens with zero attached hydrogens (tertiary/aromatic N) is 4. The summed E-state index contributed by atoms with van der Waals surface area (Å²) < 4.78 is 30.2. The number of fused-ring (bicyclic) bond motifs is 6. The molecule has 0 radical (unpaired) electrons. The molecule has 11 heteroatoms. The van der Waals surface area contributed by atoms with Gasteiger partial charge in [0.25, 0.3) is 0 Å². The number of aryl methyl sites for hydroxylation is 1. The molecular weight excluding hydrogens is 911 g/mol. The first kappa shape index (κ1) is 48.1. The smallest absolute Gasteiger partial charge is 0.171 e. The van der Waals surface area contributed by atoms with Crippen LogP contribution in [0.3, 0.4) is 0 Å². The van der Waals surface area contributed by atoms with Gasteiger partial charge >= 0.3 is 0 Å². The number of ether oxygens (including phenoxy) is 4. The Hall–Kier alpha value is -4.92. The van der Waals surface area contributed by atoms with E-state index in [1.807, 2.05) is 28.6 Å². The molecule has 8 rings (SSSR count). The molecule has 324 valence electrons. The zero-order chi connectivity index (χ0) is 41.5. The number of para-hydroxylation sites is 2. The van der Waals surface area contributed by atoms with Crippen molar-refractivity contribution in [1.82, 2.24) is 9.13 Å². The number of hydrogen-bond acceptors (Lipinski definition) is 5. The quantitative estimate of drug-likeness (QED) is 0.0814. The van der Waals surface area contributed by atoms with Crippen LogP contribution < -0.4 is 45.5 Å². The molecule has 8 aromatic rings. The van der Waals surface area contributed by atoms with Gasteiger partial charge in [0, 0.05) is 95.2 Å². The van der Waals surface area contributed by atoms with Crippen molar-refractivity contribution in [3.63, 3.8) is 0 Å². The molecule has 4 aromatic heterocycles. The summed E-state index contributed by atoms with van der Waals surface area (Å²) >= 11 is 0. The Bertz CT molecular complexity index is 2670. The molecule has 1 N–H and O–H groups in total. The van der Waals surface area contributed by atoms with Crippen LogP contribution in [0.2, 0.25) is 0 Å². The van der Waals surface area contributed by atoms with E-state index in [0.717, 1.165) is 18.7 Å². The van der Waals surface area contributed by atoms with Crippen molar-refractivity contribution >= 4 is 67.9 Å². The van der Waals surface area contributed by atoms with E-state index in [0.29, 0.717) is 46.2 Å². The van der Waals surface area contributed by atoms with Crippen LogP contribution in [0.15, 0.2) is 134 Å². The number of aromatic nitrogens is 4. The van der Waals surface area contributed by atoms with Gasteiger partial charge in [-0.25, -0.2) is 9.13 Å².